The standard InChI is InChI=1S/C20H33NO/c1-2-3-4-9-14-20(22,19-12-7-5-8-13-19)15-18-21-16-10-6-11-17-21/h5,7-8,12-13,22H,2-4,6,9-11,14-18H2,1H3/t20-/m1/s1. The minimum absolute atomic E-state index is 0.646. The van der Waals surface area contributed by atoms with Gasteiger partial charge in [-0.2, -0.15) is 0 Å². The molecule has 0 amide bonds. The van der Waals surface area contributed by atoms with Crippen molar-refractivity contribution in [2.45, 2.75) is 70.3 Å². The summed E-state index contributed by atoms with van der Waals surface area (Å²) in [5, 5.41) is 11.3. The number of likely N-dealkylation sites (tertiary alicyclic amines) is 1. The Morgan fingerprint density at radius 2 is 1.68 bits per heavy atom. The maximum Gasteiger partial charge on any atom is 0.0908 e. The van der Waals surface area contributed by atoms with E-state index in [1.807, 2.05) is 18.2 Å². The normalized spacial score (nSPS) is 19.0. The van der Waals surface area contributed by atoms with Crippen LogP contribution in [0.3, 0.4) is 0 Å². The zero-order valence-corrected chi connectivity index (χ0v) is 14.3. The lowest BCUT2D eigenvalue weighted by Gasteiger charge is -2.33. The molecule has 1 N–H and O–H groups in total. The summed E-state index contributed by atoms with van der Waals surface area (Å²) in [6.45, 7) is 5.68. The van der Waals surface area contributed by atoms with E-state index in [4.69, 9.17) is 0 Å². The Morgan fingerprint density at radius 3 is 2.36 bits per heavy atom. The second-order valence-electron chi connectivity index (χ2n) is 6.86. The average molecular weight is 303 g/mol. The lowest BCUT2D eigenvalue weighted by Crippen LogP contribution is -2.36. The van der Waals surface area contributed by atoms with Crippen LogP contribution in [-0.2, 0) is 5.60 Å². The van der Waals surface area contributed by atoms with Crippen LogP contribution >= 0.6 is 0 Å². The number of benzene rings is 1. The highest BCUT2D eigenvalue weighted by molar-refractivity contribution is 5.22. The van der Waals surface area contributed by atoms with Gasteiger partial charge in [-0.1, -0.05) is 69.4 Å². The molecule has 124 valence electrons. The van der Waals surface area contributed by atoms with Gasteiger partial charge in [0.05, 0.1) is 5.60 Å². The zero-order chi connectivity index (χ0) is 15.7. The van der Waals surface area contributed by atoms with Crippen LogP contribution in [0.2, 0.25) is 0 Å². The third kappa shape index (κ3) is 5.40. The van der Waals surface area contributed by atoms with Crippen LogP contribution in [0.1, 0.15) is 70.3 Å². The largest absolute Gasteiger partial charge is 0.385 e. The minimum Gasteiger partial charge on any atom is -0.385 e. The molecule has 0 unspecified atom stereocenters. The van der Waals surface area contributed by atoms with Gasteiger partial charge in [-0.25, -0.2) is 0 Å². The van der Waals surface area contributed by atoms with Gasteiger partial charge in [-0.05, 0) is 44.3 Å². The van der Waals surface area contributed by atoms with E-state index in [9.17, 15) is 5.11 Å². The fraction of sp³-hybridized carbons (Fsp3) is 0.700. The van der Waals surface area contributed by atoms with E-state index in [0.717, 1.165) is 31.4 Å². The summed E-state index contributed by atoms with van der Waals surface area (Å²) in [4.78, 5) is 2.53. The van der Waals surface area contributed by atoms with Crippen molar-refractivity contribution in [2.24, 2.45) is 0 Å². The lowest BCUT2D eigenvalue weighted by atomic mass is 9.85. The highest BCUT2D eigenvalue weighted by Gasteiger charge is 2.29. The monoisotopic (exact) mass is 303 g/mol. The third-order valence-electron chi connectivity index (χ3n) is 5.05. The number of unbranched alkanes of at least 4 members (excludes halogenated alkanes) is 3. The molecule has 1 atom stereocenters. The molecule has 22 heavy (non-hydrogen) atoms. The van der Waals surface area contributed by atoms with Gasteiger partial charge in [0.15, 0.2) is 0 Å². The topological polar surface area (TPSA) is 23.5 Å². The quantitative estimate of drug-likeness (QED) is 0.667. The molecule has 1 saturated heterocycles. The van der Waals surface area contributed by atoms with Gasteiger partial charge in [0, 0.05) is 6.54 Å². The van der Waals surface area contributed by atoms with Crippen molar-refractivity contribution in [1.29, 1.82) is 0 Å². The van der Waals surface area contributed by atoms with Crippen LogP contribution in [0, 0.1) is 0 Å². The van der Waals surface area contributed by atoms with Crippen molar-refractivity contribution >= 4 is 0 Å². The summed E-state index contributed by atoms with van der Waals surface area (Å²) in [7, 11) is 0. The van der Waals surface area contributed by atoms with Crippen molar-refractivity contribution in [1.82, 2.24) is 4.90 Å². The van der Waals surface area contributed by atoms with Crippen LogP contribution in [-0.4, -0.2) is 29.6 Å². The highest BCUT2D eigenvalue weighted by Crippen LogP contribution is 2.31. The van der Waals surface area contributed by atoms with E-state index in [1.165, 1.54) is 51.6 Å². The van der Waals surface area contributed by atoms with E-state index in [1.54, 1.807) is 0 Å². The maximum absolute atomic E-state index is 11.3. The van der Waals surface area contributed by atoms with Gasteiger partial charge in [0.1, 0.15) is 0 Å². The van der Waals surface area contributed by atoms with Crippen LogP contribution in [0.5, 0.6) is 0 Å². The second-order valence-corrected chi connectivity index (χ2v) is 6.86. The Morgan fingerprint density at radius 1 is 0.955 bits per heavy atom. The van der Waals surface area contributed by atoms with Crippen LogP contribution in [0.4, 0.5) is 0 Å². The predicted octanol–water partition coefficient (Wildman–Crippen LogP) is 4.72. The molecule has 0 saturated carbocycles. The number of nitrogens with zero attached hydrogens (tertiary/aromatic N) is 1. The Hall–Kier alpha value is -0.860. The van der Waals surface area contributed by atoms with Gasteiger partial charge in [0.25, 0.3) is 0 Å². The van der Waals surface area contributed by atoms with Gasteiger partial charge in [-0.3, -0.25) is 0 Å². The Labute approximate surface area is 136 Å². The van der Waals surface area contributed by atoms with E-state index in [-0.39, 0.29) is 0 Å². The molecule has 0 aliphatic carbocycles. The first-order valence-electron chi connectivity index (χ1n) is 9.25. The van der Waals surface area contributed by atoms with E-state index >= 15 is 0 Å². The molecular formula is C20H33NO. The number of rotatable bonds is 9. The van der Waals surface area contributed by atoms with Crippen molar-refractivity contribution < 1.29 is 5.11 Å². The Kier molecular flexibility index (Phi) is 7.41. The highest BCUT2D eigenvalue weighted by atomic mass is 16.3. The third-order valence-corrected chi connectivity index (χ3v) is 5.05. The number of hydrogen-bond acceptors (Lipinski definition) is 2. The van der Waals surface area contributed by atoms with E-state index < -0.39 is 5.60 Å². The first kappa shape index (κ1) is 17.5. The summed E-state index contributed by atoms with van der Waals surface area (Å²) >= 11 is 0. The molecule has 1 aliphatic rings. The lowest BCUT2D eigenvalue weighted by molar-refractivity contribution is 0.00479. The molecule has 2 rings (SSSR count). The average Bonchev–Trinajstić information content (AvgIpc) is 2.59. The summed E-state index contributed by atoms with van der Waals surface area (Å²) in [6, 6.07) is 10.3. The number of aliphatic hydroxyl groups is 1. The van der Waals surface area contributed by atoms with Crippen LogP contribution in [0.15, 0.2) is 30.3 Å². The van der Waals surface area contributed by atoms with Crippen molar-refractivity contribution in [2.75, 3.05) is 19.6 Å². The SMILES string of the molecule is CCCCCC[C@@](O)(CCN1CCCCC1)c1ccccc1. The summed E-state index contributed by atoms with van der Waals surface area (Å²) in [5.41, 5.74) is 0.454. The number of piperidine rings is 1. The van der Waals surface area contributed by atoms with Crippen molar-refractivity contribution in [3.8, 4) is 0 Å². The Balaban J connectivity index is 1.94. The van der Waals surface area contributed by atoms with Gasteiger partial charge in [-0.15, -0.1) is 0 Å². The number of hydrogen-bond donors (Lipinski definition) is 1. The predicted molar refractivity (Wildman–Crippen MR) is 94.0 cm³/mol. The van der Waals surface area contributed by atoms with E-state index in [2.05, 4.69) is 24.0 Å². The molecule has 0 bridgehead atoms. The van der Waals surface area contributed by atoms with Crippen molar-refractivity contribution in [3.63, 3.8) is 0 Å². The zero-order valence-electron chi connectivity index (χ0n) is 14.3. The van der Waals surface area contributed by atoms with Gasteiger partial charge >= 0.3 is 0 Å². The molecule has 0 aromatic heterocycles. The molecule has 2 nitrogen and oxygen atoms in total. The summed E-state index contributed by atoms with van der Waals surface area (Å²) < 4.78 is 0. The molecular weight excluding hydrogens is 270 g/mol. The van der Waals surface area contributed by atoms with E-state index in [0.29, 0.717) is 0 Å². The molecule has 1 aromatic carbocycles. The molecule has 2 heteroatoms. The molecule has 0 spiro atoms. The van der Waals surface area contributed by atoms with Crippen molar-refractivity contribution in [3.05, 3.63) is 35.9 Å². The molecule has 1 fully saturated rings. The van der Waals surface area contributed by atoms with Crippen LogP contribution in [0.25, 0.3) is 0 Å². The van der Waals surface area contributed by atoms with Crippen LogP contribution < -0.4 is 0 Å². The summed E-state index contributed by atoms with van der Waals surface area (Å²) in [6.07, 6.45) is 10.6. The Bertz CT molecular complexity index is 399. The second kappa shape index (κ2) is 9.32. The fourth-order valence-corrected chi connectivity index (χ4v) is 3.53. The smallest absolute Gasteiger partial charge is 0.0908 e. The minimum atomic E-state index is -0.646. The first-order valence-corrected chi connectivity index (χ1v) is 9.25. The molecule has 1 aliphatic heterocycles. The maximum atomic E-state index is 11.3. The van der Waals surface area contributed by atoms with Gasteiger partial charge < -0.3 is 10.0 Å². The molecule has 0 radical (unpaired) electrons. The fourth-order valence-electron chi connectivity index (χ4n) is 3.53. The first-order chi connectivity index (χ1) is 10.7. The molecule has 1 aromatic rings. The van der Waals surface area contributed by atoms with Gasteiger partial charge in [0.2, 0.25) is 0 Å². The molecule has 1 heterocycles. The summed E-state index contributed by atoms with van der Waals surface area (Å²) in [5.74, 6) is 0.